The number of hydrogen-bond acceptors (Lipinski definition) is 3. The highest BCUT2D eigenvalue weighted by molar-refractivity contribution is 6.21. The Kier molecular flexibility index (Phi) is 3.52. The van der Waals surface area contributed by atoms with Gasteiger partial charge in [-0.05, 0) is 18.6 Å². The molecule has 2 rings (SSSR count). The molecule has 106 valence electrons. The number of carboxylic acid groups (broad SMARTS) is 1. The molecule has 1 unspecified atom stereocenters. The van der Waals surface area contributed by atoms with Gasteiger partial charge >= 0.3 is 5.97 Å². The summed E-state index contributed by atoms with van der Waals surface area (Å²) >= 11 is 0. The summed E-state index contributed by atoms with van der Waals surface area (Å²) in [5.74, 6) is -5.65. The third kappa shape index (κ3) is 2.26. The number of carboxylic acids is 1. The summed E-state index contributed by atoms with van der Waals surface area (Å²) in [5.41, 5.74) is -0.395. The number of imide groups is 1. The molecule has 0 bridgehead atoms. The van der Waals surface area contributed by atoms with E-state index in [1.165, 1.54) is 6.92 Å². The van der Waals surface area contributed by atoms with Crippen LogP contribution in [0.3, 0.4) is 0 Å². The van der Waals surface area contributed by atoms with E-state index in [4.69, 9.17) is 5.11 Å². The minimum Gasteiger partial charge on any atom is -0.481 e. The Morgan fingerprint density at radius 3 is 2.05 bits per heavy atom. The van der Waals surface area contributed by atoms with Crippen molar-refractivity contribution in [3.63, 3.8) is 0 Å². The highest BCUT2D eigenvalue weighted by atomic mass is 19.2. The van der Waals surface area contributed by atoms with Crippen molar-refractivity contribution in [2.75, 3.05) is 6.54 Å². The summed E-state index contributed by atoms with van der Waals surface area (Å²) in [4.78, 5) is 35.3. The Balaban J connectivity index is 2.22. The largest absolute Gasteiger partial charge is 0.481 e. The number of fused-ring (bicyclic) bond motifs is 1. The first-order valence-corrected chi connectivity index (χ1v) is 5.91. The lowest BCUT2D eigenvalue weighted by atomic mass is 10.1. The van der Waals surface area contributed by atoms with Crippen molar-refractivity contribution in [1.29, 1.82) is 0 Å². The van der Waals surface area contributed by atoms with E-state index in [0.29, 0.717) is 12.1 Å². The monoisotopic (exact) mass is 283 g/mol. The van der Waals surface area contributed by atoms with Gasteiger partial charge in [0, 0.05) is 6.54 Å². The molecule has 1 aliphatic rings. The maximum atomic E-state index is 13.1. The number of aliphatic carboxylic acids is 1. The molecule has 0 spiro atoms. The van der Waals surface area contributed by atoms with Gasteiger partial charge in [-0.2, -0.15) is 0 Å². The molecule has 0 aromatic heterocycles. The number of hydrogen-bond donors (Lipinski definition) is 1. The molecule has 0 aliphatic carbocycles. The van der Waals surface area contributed by atoms with Crippen molar-refractivity contribution in [3.05, 3.63) is 34.9 Å². The number of carbonyl (C=O) groups excluding carboxylic acids is 2. The van der Waals surface area contributed by atoms with Crippen LogP contribution < -0.4 is 0 Å². The predicted molar refractivity (Wildman–Crippen MR) is 63.1 cm³/mol. The topological polar surface area (TPSA) is 74.7 Å². The first kappa shape index (κ1) is 14.1. The summed E-state index contributed by atoms with van der Waals surface area (Å²) in [5, 5.41) is 8.75. The van der Waals surface area contributed by atoms with E-state index in [1.807, 2.05) is 0 Å². The van der Waals surface area contributed by atoms with Gasteiger partial charge in [0.05, 0.1) is 17.0 Å². The van der Waals surface area contributed by atoms with Crippen molar-refractivity contribution >= 4 is 17.8 Å². The number of halogens is 2. The van der Waals surface area contributed by atoms with Crippen molar-refractivity contribution in [2.24, 2.45) is 5.92 Å². The number of carbonyl (C=O) groups is 3. The molecule has 0 radical (unpaired) electrons. The lowest BCUT2D eigenvalue weighted by Gasteiger charge is -2.15. The van der Waals surface area contributed by atoms with Gasteiger partial charge in [-0.3, -0.25) is 19.3 Å². The van der Waals surface area contributed by atoms with Crippen LogP contribution in [0.5, 0.6) is 0 Å². The molecule has 1 aromatic rings. The van der Waals surface area contributed by atoms with Crippen LogP contribution in [0.15, 0.2) is 12.1 Å². The standard InChI is InChI=1S/C13H11F2NO4/c1-6(13(19)20)2-3-16-11(17)7-4-9(14)10(15)5-8(7)12(16)18/h4-6H,2-3H2,1H3,(H,19,20). The molecular weight excluding hydrogens is 272 g/mol. The Bertz CT molecular complexity index is 574. The van der Waals surface area contributed by atoms with Gasteiger partial charge in [-0.15, -0.1) is 0 Å². The van der Waals surface area contributed by atoms with E-state index >= 15 is 0 Å². The Hall–Kier alpha value is -2.31. The van der Waals surface area contributed by atoms with Gasteiger partial charge < -0.3 is 5.11 Å². The van der Waals surface area contributed by atoms with Gasteiger partial charge in [0.25, 0.3) is 11.8 Å². The second kappa shape index (κ2) is 4.99. The van der Waals surface area contributed by atoms with Gasteiger partial charge in [-0.25, -0.2) is 8.78 Å². The fraction of sp³-hybridized carbons (Fsp3) is 0.308. The fourth-order valence-electron chi connectivity index (χ4n) is 1.93. The van der Waals surface area contributed by atoms with Gasteiger partial charge in [-0.1, -0.05) is 6.92 Å². The normalized spacial score (nSPS) is 15.4. The molecule has 1 aromatic carbocycles. The van der Waals surface area contributed by atoms with Crippen LogP contribution in [-0.2, 0) is 4.79 Å². The van der Waals surface area contributed by atoms with E-state index in [-0.39, 0.29) is 24.1 Å². The summed E-state index contributed by atoms with van der Waals surface area (Å²) in [6, 6.07) is 1.37. The zero-order chi connectivity index (χ0) is 15.0. The zero-order valence-corrected chi connectivity index (χ0v) is 10.5. The van der Waals surface area contributed by atoms with Crippen LogP contribution in [0.2, 0.25) is 0 Å². The predicted octanol–water partition coefficient (Wildman–Crippen LogP) is 1.67. The highest BCUT2D eigenvalue weighted by Gasteiger charge is 2.36. The third-order valence-corrected chi connectivity index (χ3v) is 3.22. The van der Waals surface area contributed by atoms with Crippen LogP contribution in [0.4, 0.5) is 8.78 Å². The molecule has 1 aliphatic heterocycles. The van der Waals surface area contributed by atoms with Gasteiger partial charge in [0.1, 0.15) is 0 Å². The molecule has 0 saturated heterocycles. The van der Waals surface area contributed by atoms with E-state index in [2.05, 4.69) is 0 Å². The fourth-order valence-corrected chi connectivity index (χ4v) is 1.93. The number of amides is 2. The minimum atomic E-state index is -1.20. The van der Waals surface area contributed by atoms with Gasteiger partial charge in [0.2, 0.25) is 0 Å². The zero-order valence-electron chi connectivity index (χ0n) is 10.5. The first-order chi connectivity index (χ1) is 9.32. The Morgan fingerprint density at radius 1 is 1.20 bits per heavy atom. The molecule has 1 N–H and O–H groups in total. The first-order valence-electron chi connectivity index (χ1n) is 5.91. The number of rotatable bonds is 4. The van der Waals surface area contributed by atoms with Crippen LogP contribution in [0.25, 0.3) is 0 Å². The quantitative estimate of drug-likeness (QED) is 0.853. The minimum absolute atomic E-state index is 0.0752. The summed E-state index contributed by atoms with van der Waals surface area (Å²) < 4.78 is 26.2. The molecular formula is C13H11F2NO4. The second-order valence-electron chi connectivity index (χ2n) is 4.60. The second-order valence-corrected chi connectivity index (χ2v) is 4.60. The SMILES string of the molecule is CC(CCN1C(=O)c2cc(F)c(F)cc2C1=O)C(=O)O. The number of benzene rings is 1. The van der Waals surface area contributed by atoms with Crippen LogP contribution in [0, 0.1) is 17.6 Å². The average Bonchev–Trinajstić information content (AvgIpc) is 2.60. The van der Waals surface area contributed by atoms with E-state index in [0.717, 1.165) is 4.90 Å². The van der Waals surface area contributed by atoms with E-state index < -0.39 is 35.3 Å². The summed E-state index contributed by atoms with van der Waals surface area (Å²) in [6.07, 6.45) is 0.0752. The molecule has 1 atom stereocenters. The third-order valence-electron chi connectivity index (χ3n) is 3.22. The molecule has 5 nitrogen and oxygen atoms in total. The van der Waals surface area contributed by atoms with Gasteiger partial charge in [0.15, 0.2) is 11.6 Å². The van der Waals surface area contributed by atoms with Crippen molar-refractivity contribution < 1.29 is 28.3 Å². The maximum absolute atomic E-state index is 13.1. The highest BCUT2D eigenvalue weighted by Crippen LogP contribution is 2.25. The summed E-state index contributed by atoms with van der Waals surface area (Å²) in [7, 11) is 0. The molecule has 20 heavy (non-hydrogen) atoms. The molecule has 0 saturated carbocycles. The molecule has 1 heterocycles. The van der Waals surface area contributed by atoms with E-state index in [1.54, 1.807) is 0 Å². The molecule has 2 amide bonds. The van der Waals surface area contributed by atoms with Crippen LogP contribution in [0.1, 0.15) is 34.1 Å². The number of nitrogens with zero attached hydrogens (tertiary/aromatic N) is 1. The summed E-state index contributed by atoms with van der Waals surface area (Å²) in [6.45, 7) is 1.34. The van der Waals surface area contributed by atoms with Crippen molar-refractivity contribution in [2.45, 2.75) is 13.3 Å². The maximum Gasteiger partial charge on any atom is 0.306 e. The van der Waals surface area contributed by atoms with E-state index in [9.17, 15) is 23.2 Å². The Labute approximate surface area is 112 Å². The molecule has 0 fully saturated rings. The smallest absolute Gasteiger partial charge is 0.306 e. The lowest BCUT2D eigenvalue weighted by Crippen LogP contribution is -2.32. The molecule has 7 heteroatoms. The Morgan fingerprint density at radius 2 is 1.65 bits per heavy atom. The van der Waals surface area contributed by atoms with Crippen molar-refractivity contribution in [1.82, 2.24) is 4.90 Å². The van der Waals surface area contributed by atoms with Crippen LogP contribution in [-0.4, -0.2) is 34.3 Å². The average molecular weight is 283 g/mol. The van der Waals surface area contributed by atoms with Crippen molar-refractivity contribution in [3.8, 4) is 0 Å². The lowest BCUT2D eigenvalue weighted by molar-refractivity contribution is -0.141. The van der Waals surface area contributed by atoms with Crippen LogP contribution >= 0.6 is 0 Å².